The van der Waals surface area contributed by atoms with Crippen LogP contribution in [0.5, 0.6) is 0 Å². The number of carbonyl (C=O) groups is 1. The molecule has 0 saturated heterocycles. The molecule has 0 aliphatic carbocycles. The normalized spacial score (nSPS) is 18.2. The third-order valence-corrected chi connectivity index (χ3v) is 3.60. The summed E-state index contributed by atoms with van der Waals surface area (Å²) < 4.78 is 5.29. The third-order valence-electron chi connectivity index (χ3n) is 2.42. The van der Waals surface area contributed by atoms with E-state index in [4.69, 9.17) is 4.74 Å². The molecule has 18 heavy (non-hydrogen) atoms. The first-order chi connectivity index (χ1) is 8.29. The molecule has 0 aromatic carbocycles. The molecule has 5 heteroatoms. The molecule has 1 amide bonds. The second-order valence-electron chi connectivity index (χ2n) is 5.79. The van der Waals surface area contributed by atoms with Crippen LogP contribution in [-0.2, 0) is 4.74 Å². The number of aliphatic imine (C=N–C) groups is 1. The number of rotatable bonds is 3. The summed E-state index contributed by atoms with van der Waals surface area (Å²) in [5.74, 6) is 1.39. The molecular formula is C13H24N2O2S. The zero-order valence-corrected chi connectivity index (χ0v) is 12.8. The molecule has 1 atom stereocenters. The standard InChI is InChI=1S/C13H24N2O2S/c1-9(2)10(11-14-7-6-8-18-11)15-12(16)17-13(3,4)5/h9-10H,6-8H2,1-5H3,(H,15,16)/t10-/m0/s1. The second-order valence-corrected chi connectivity index (χ2v) is 6.91. The minimum Gasteiger partial charge on any atom is -0.444 e. The van der Waals surface area contributed by atoms with Crippen molar-refractivity contribution < 1.29 is 9.53 Å². The van der Waals surface area contributed by atoms with E-state index in [9.17, 15) is 4.79 Å². The van der Waals surface area contributed by atoms with Gasteiger partial charge in [0.2, 0.25) is 0 Å². The average Bonchev–Trinajstić information content (AvgIpc) is 2.24. The van der Waals surface area contributed by atoms with Gasteiger partial charge in [-0.15, -0.1) is 11.8 Å². The van der Waals surface area contributed by atoms with Gasteiger partial charge in [0.05, 0.1) is 11.1 Å². The second kappa shape index (κ2) is 6.45. The van der Waals surface area contributed by atoms with Crippen LogP contribution in [0.3, 0.4) is 0 Å². The number of amides is 1. The lowest BCUT2D eigenvalue weighted by atomic mass is 10.1. The van der Waals surface area contributed by atoms with Crippen LogP contribution in [0.1, 0.15) is 41.0 Å². The number of carbonyl (C=O) groups excluding carboxylic acids is 1. The van der Waals surface area contributed by atoms with E-state index in [0.717, 1.165) is 23.8 Å². The van der Waals surface area contributed by atoms with Gasteiger partial charge in [-0.2, -0.15) is 0 Å². The topological polar surface area (TPSA) is 50.7 Å². The van der Waals surface area contributed by atoms with E-state index < -0.39 is 5.60 Å². The van der Waals surface area contributed by atoms with Crippen molar-refractivity contribution in [2.75, 3.05) is 12.3 Å². The number of nitrogens with zero attached hydrogens (tertiary/aromatic N) is 1. The lowest BCUT2D eigenvalue weighted by Gasteiger charge is -2.27. The molecule has 0 spiro atoms. The highest BCUT2D eigenvalue weighted by molar-refractivity contribution is 8.14. The maximum Gasteiger partial charge on any atom is 0.408 e. The van der Waals surface area contributed by atoms with Crippen molar-refractivity contribution in [3.63, 3.8) is 0 Å². The minimum absolute atomic E-state index is 0.0369. The molecule has 1 aliphatic heterocycles. The van der Waals surface area contributed by atoms with E-state index >= 15 is 0 Å². The Bertz CT molecular complexity index is 321. The third kappa shape index (κ3) is 5.29. The lowest BCUT2D eigenvalue weighted by Crippen LogP contribution is -2.46. The molecule has 1 aliphatic rings. The predicted molar refractivity (Wildman–Crippen MR) is 77.4 cm³/mol. The van der Waals surface area contributed by atoms with Gasteiger partial charge >= 0.3 is 6.09 Å². The fourth-order valence-electron chi connectivity index (χ4n) is 1.61. The minimum atomic E-state index is -0.465. The number of ether oxygens (including phenoxy) is 1. The number of hydrogen-bond donors (Lipinski definition) is 1. The van der Waals surface area contributed by atoms with Crippen molar-refractivity contribution in [1.82, 2.24) is 5.32 Å². The van der Waals surface area contributed by atoms with Gasteiger partial charge in [0.25, 0.3) is 0 Å². The van der Waals surface area contributed by atoms with Gasteiger partial charge in [0, 0.05) is 12.3 Å². The van der Waals surface area contributed by atoms with E-state index in [1.165, 1.54) is 0 Å². The maximum absolute atomic E-state index is 11.8. The molecule has 1 N–H and O–H groups in total. The van der Waals surface area contributed by atoms with Crippen LogP contribution in [0.2, 0.25) is 0 Å². The Morgan fingerprint density at radius 3 is 2.56 bits per heavy atom. The monoisotopic (exact) mass is 272 g/mol. The van der Waals surface area contributed by atoms with Crippen molar-refractivity contribution in [1.29, 1.82) is 0 Å². The summed E-state index contributed by atoms with van der Waals surface area (Å²) in [4.78, 5) is 16.3. The molecule has 104 valence electrons. The summed E-state index contributed by atoms with van der Waals surface area (Å²) in [5, 5.41) is 3.96. The maximum atomic E-state index is 11.8. The number of nitrogens with one attached hydrogen (secondary N) is 1. The molecule has 4 nitrogen and oxygen atoms in total. The Balaban J connectivity index is 2.63. The van der Waals surface area contributed by atoms with Gasteiger partial charge in [0.1, 0.15) is 5.60 Å². The zero-order valence-electron chi connectivity index (χ0n) is 11.9. The van der Waals surface area contributed by atoms with Crippen molar-refractivity contribution in [2.45, 2.75) is 52.7 Å². The number of hydrogen-bond acceptors (Lipinski definition) is 4. The molecule has 0 aromatic heterocycles. The zero-order chi connectivity index (χ0) is 13.8. The summed E-state index contributed by atoms with van der Waals surface area (Å²) >= 11 is 1.74. The van der Waals surface area contributed by atoms with Gasteiger partial charge in [-0.05, 0) is 33.1 Å². The van der Waals surface area contributed by atoms with Gasteiger partial charge in [0.15, 0.2) is 0 Å². The Morgan fingerprint density at radius 2 is 2.11 bits per heavy atom. The molecule has 0 radical (unpaired) electrons. The highest BCUT2D eigenvalue weighted by Crippen LogP contribution is 2.20. The molecule has 0 fully saturated rings. The molecule has 0 bridgehead atoms. The first-order valence-corrected chi connectivity index (χ1v) is 7.45. The largest absolute Gasteiger partial charge is 0.444 e. The highest BCUT2D eigenvalue weighted by Gasteiger charge is 2.26. The summed E-state index contributed by atoms with van der Waals surface area (Å²) in [5.41, 5.74) is -0.465. The van der Waals surface area contributed by atoms with E-state index in [-0.39, 0.29) is 12.1 Å². The van der Waals surface area contributed by atoms with E-state index in [1.807, 2.05) is 20.8 Å². The Labute approximate surface area is 114 Å². The van der Waals surface area contributed by atoms with Crippen LogP contribution in [-0.4, -0.2) is 35.1 Å². The van der Waals surface area contributed by atoms with Crippen LogP contribution in [0.25, 0.3) is 0 Å². The Hall–Kier alpha value is -0.710. The predicted octanol–water partition coefficient (Wildman–Crippen LogP) is 3.07. The summed E-state index contributed by atoms with van der Waals surface area (Å²) in [7, 11) is 0. The van der Waals surface area contributed by atoms with E-state index in [0.29, 0.717) is 5.92 Å². The highest BCUT2D eigenvalue weighted by atomic mass is 32.2. The SMILES string of the molecule is CC(C)[C@H](NC(=O)OC(C)(C)C)C1=NCCCS1. The van der Waals surface area contributed by atoms with Crippen LogP contribution >= 0.6 is 11.8 Å². The molecule has 1 heterocycles. The van der Waals surface area contributed by atoms with Crippen LogP contribution in [0.4, 0.5) is 4.79 Å². The van der Waals surface area contributed by atoms with Crippen LogP contribution in [0.15, 0.2) is 4.99 Å². The Morgan fingerprint density at radius 1 is 1.44 bits per heavy atom. The van der Waals surface area contributed by atoms with Crippen molar-refractivity contribution >= 4 is 22.9 Å². The van der Waals surface area contributed by atoms with E-state index in [1.54, 1.807) is 11.8 Å². The molecule has 0 unspecified atom stereocenters. The fourth-order valence-corrected chi connectivity index (χ4v) is 2.79. The van der Waals surface area contributed by atoms with Crippen LogP contribution < -0.4 is 5.32 Å². The number of thioether (sulfide) groups is 1. The van der Waals surface area contributed by atoms with Crippen molar-refractivity contribution in [2.24, 2.45) is 10.9 Å². The Kier molecular flexibility index (Phi) is 5.50. The van der Waals surface area contributed by atoms with Crippen molar-refractivity contribution in [3.8, 4) is 0 Å². The quantitative estimate of drug-likeness (QED) is 0.859. The summed E-state index contributed by atoms with van der Waals surface area (Å²) in [6, 6.07) is -0.0369. The summed E-state index contributed by atoms with van der Waals surface area (Å²) in [6.45, 7) is 10.6. The van der Waals surface area contributed by atoms with Crippen molar-refractivity contribution in [3.05, 3.63) is 0 Å². The van der Waals surface area contributed by atoms with Crippen LogP contribution in [0, 0.1) is 5.92 Å². The molecule has 0 saturated carbocycles. The summed E-state index contributed by atoms with van der Waals surface area (Å²) in [6.07, 6.45) is 0.751. The lowest BCUT2D eigenvalue weighted by molar-refractivity contribution is 0.0509. The number of alkyl carbamates (subject to hydrolysis) is 1. The van der Waals surface area contributed by atoms with Gasteiger partial charge in [-0.1, -0.05) is 13.8 Å². The molecular weight excluding hydrogens is 248 g/mol. The van der Waals surface area contributed by atoms with Gasteiger partial charge in [-0.3, -0.25) is 4.99 Å². The van der Waals surface area contributed by atoms with E-state index in [2.05, 4.69) is 24.2 Å². The first-order valence-electron chi connectivity index (χ1n) is 6.46. The van der Waals surface area contributed by atoms with Gasteiger partial charge in [-0.25, -0.2) is 4.79 Å². The molecule has 0 aromatic rings. The van der Waals surface area contributed by atoms with Gasteiger partial charge < -0.3 is 10.1 Å². The molecule has 1 rings (SSSR count). The first kappa shape index (κ1) is 15.3. The fraction of sp³-hybridized carbons (Fsp3) is 0.846. The smallest absolute Gasteiger partial charge is 0.408 e. The average molecular weight is 272 g/mol.